The lowest BCUT2D eigenvalue weighted by Gasteiger charge is -1.98. The van der Waals surface area contributed by atoms with Crippen molar-refractivity contribution < 1.29 is 19.1 Å². The van der Waals surface area contributed by atoms with Gasteiger partial charge in [0, 0.05) is 12.3 Å². The first-order valence-corrected chi connectivity index (χ1v) is 9.26. The Hall–Kier alpha value is -0.580. The molecule has 0 aromatic rings. The van der Waals surface area contributed by atoms with Gasteiger partial charge < -0.3 is 9.47 Å². The van der Waals surface area contributed by atoms with E-state index in [1.807, 2.05) is 0 Å². The van der Waals surface area contributed by atoms with Crippen LogP contribution < -0.4 is 0 Å². The lowest BCUT2D eigenvalue weighted by atomic mass is 10.3. The van der Waals surface area contributed by atoms with Gasteiger partial charge in [0.15, 0.2) is 0 Å². The van der Waals surface area contributed by atoms with E-state index in [9.17, 15) is 9.59 Å². The quantitative estimate of drug-likeness (QED) is 0.238. The summed E-state index contributed by atoms with van der Waals surface area (Å²) in [5, 5.41) is 0.840. The predicted octanol–water partition coefficient (Wildman–Crippen LogP) is 5.98. The molecule has 0 aromatic heterocycles. The van der Waals surface area contributed by atoms with E-state index < -0.39 is 0 Å². The van der Waals surface area contributed by atoms with Gasteiger partial charge in [-0.3, -0.25) is 9.59 Å². The van der Waals surface area contributed by atoms with Crippen molar-refractivity contribution in [3.63, 3.8) is 0 Å². The molecule has 0 spiro atoms. The van der Waals surface area contributed by atoms with Crippen LogP contribution in [0.25, 0.3) is 0 Å². The Morgan fingerprint density at radius 2 is 1.33 bits per heavy atom. The monoisotopic (exact) mass is 534 g/mol. The molecule has 0 radical (unpaired) electrons. The fourth-order valence-electron chi connectivity index (χ4n) is 0.674. The first-order valence-electron chi connectivity index (χ1n) is 6.55. The molecule has 0 aliphatic carbocycles. The average Bonchev–Trinajstić information content (AvgIpc) is 2.48. The predicted molar refractivity (Wildman–Crippen MR) is 115 cm³/mol. The number of rotatable bonds is 6. The molecule has 0 N–H and O–H groups in total. The van der Waals surface area contributed by atoms with E-state index in [1.165, 1.54) is 6.92 Å². The lowest BCUT2D eigenvalue weighted by Crippen LogP contribution is -2.02. The van der Waals surface area contributed by atoms with Gasteiger partial charge in [-0.05, 0) is 29.2 Å². The summed E-state index contributed by atoms with van der Waals surface area (Å²) in [5.41, 5.74) is 0. The second kappa shape index (κ2) is 30.3. The number of carbonyl (C=O) groups is 2. The Balaban J connectivity index is -0.0000000745. The van der Waals surface area contributed by atoms with Crippen molar-refractivity contribution in [3.05, 3.63) is 22.1 Å². The summed E-state index contributed by atoms with van der Waals surface area (Å²) in [6, 6.07) is 0. The van der Waals surface area contributed by atoms with Crippen LogP contribution >= 0.6 is 47.8 Å². The molecule has 142 valence electrons. The van der Waals surface area contributed by atoms with Gasteiger partial charge in [-0.1, -0.05) is 68.4 Å². The first-order chi connectivity index (χ1) is 10.7. The van der Waals surface area contributed by atoms with Crippen molar-refractivity contribution in [2.45, 2.75) is 41.0 Å². The van der Waals surface area contributed by atoms with Crippen molar-refractivity contribution in [1.29, 1.82) is 0 Å². The molecular weight excluding hydrogens is 508 g/mol. The Morgan fingerprint density at radius 1 is 0.958 bits per heavy atom. The standard InChI is InChI=1S/C7H11BrO2.C4H8O2.C3H4Br2.C2H2.CH4/c1-3-10-7(9)5-4-6(2)8;1-3-6-4(2)5;1-3(5)2-4;1-2;/h2-5H2,1H3;3H2,1-2H3;1-2H2;1-2H;1H4. The minimum absolute atomic E-state index is 0. The van der Waals surface area contributed by atoms with E-state index in [1.54, 1.807) is 13.8 Å². The van der Waals surface area contributed by atoms with Crippen LogP contribution in [-0.2, 0) is 19.1 Å². The van der Waals surface area contributed by atoms with Gasteiger partial charge in [0.2, 0.25) is 0 Å². The Morgan fingerprint density at radius 3 is 1.50 bits per heavy atom. The molecule has 0 amide bonds. The summed E-state index contributed by atoms with van der Waals surface area (Å²) in [6.45, 7) is 13.0. The molecule has 0 fully saturated rings. The average molecular weight is 537 g/mol. The summed E-state index contributed by atoms with van der Waals surface area (Å²) < 4.78 is 10.9. The topological polar surface area (TPSA) is 52.6 Å². The maximum atomic E-state index is 10.7. The molecule has 0 saturated heterocycles. The lowest BCUT2D eigenvalue weighted by molar-refractivity contribution is -0.143. The third kappa shape index (κ3) is 57.9. The van der Waals surface area contributed by atoms with Gasteiger partial charge in [0.25, 0.3) is 0 Å². The highest BCUT2D eigenvalue weighted by molar-refractivity contribution is 9.13. The van der Waals surface area contributed by atoms with Crippen LogP contribution in [0.5, 0.6) is 0 Å². The maximum absolute atomic E-state index is 10.7. The van der Waals surface area contributed by atoms with Crippen LogP contribution in [0.3, 0.4) is 0 Å². The van der Waals surface area contributed by atoms with Crippen molar-refractivity contribution in [2.24, 2.45) is 0 Å². The molecule has 24 heavy (non-hydrogen) atoms. The van der Waals surface area contributed by atoms with Gasteiger partial charge in [-0.2, -0.15) is 0 Å². The van der Waals surface area contributed by atoms with Gasteiger partial charge in [0.05, 0.1) is 19.6 Å². The fraction of sp³-hybridized carbons (Fsp3) is 0.529. The van der Waals surface area contributed by atoms with E-state index in [2.05, 4.69) is 78.5 Å². The van der Waals surface area contributed by atoms with Gasteiger partial charge in [-0.25, -0.2) is 0 Å². The number of terminal acetylenes is 1. The summed E-state index contributed by atoms with van der Waals surface area (Å²) in [4.78, 5) is 20.5. The van der Waals surface area contributed by atoms with E-state index in [0.717, 1.165) is 14.3 Å². The summed E-state index contributed by atoms with van der Waals surface area (Å²) in [7, 11) is 0. The van der Waals surface area contributed by atoms with Crippen LogP contribution in [-0.4, -0.2) is 30.5 Å². The summed E-state index contributed by atoms with van der Waals surface area (Å²) in [6.07, 6.45) is 9.07. The van der Waals surface area contributed by atoms with Crippen molar-refractivity contribution in [1.82, 2.24) is 0 Å². The van der Waals surface area contributed by atoms with Gasteiger partial charge in [-0.15, -0.1) is 12.8 Å². The smallest absolute Gasteiger partial charge is 0.306 e. The van der Waals surface area contributed by atoms with Crippen LogP contribution in [0.2, 0.25) is 0 Å². The minimum atomic E-state index is -0.211. The Labute approximate surface area is 172 Å². The normalized spacial score (nSPS) is 7.33. The van der Waals surface area contributed by atoms with Crippen molar-refractivity contribution >= 4 is 59.7 Å². The third-order valence-corrected chi connectivity index (χ3v) is 3.50. The summed E-state index contributed by atoms with van der Waals surface area (Å²) >= 11 is 9.45. The highest BCUT2D eigenvalue weighted by atomic mass is 79.9. The Kier molecular flexibility index (Phi) is 43.8. The molecule has 7 heteroatoms. The molecular formula is C17H29Br3O4. The van der Waals surface area contributed by atoms with E-state index in [-0.39, 0.29) is 19.4 Å². The van der Waals surface area contributed by atoms with E-state index in [4.69, 9.17) is 4.74 Å². The molecule has 0 aromatic carbocycles. The summed E-state index contributed by atoms with van der Waals surface area (Å²) in [5.74, 6) is -0.374. The van der Waals surface area contributed by atoms with Crippen LogP contribution in [0, 0.1) is 12.8 Å². The highest BCUT2D eigenvalue weighted by Gasteiger charge is 2.00. The molecule has 0 heterocycles. The molecule has 0 aliphatic heterocycles. The van der Waals surface area contributed by atoms with E-state index >= 15 is 0 Å². The fourth-order valence-corrected chi connectivity index (χ4v) is 0.872. The number of ether oxygens (including phenoxy) is 2. The molecule has 0 atom stereocenters. The molecule has 0 rings (SSSR count). The molecule has 0 aliphatic rings. The van der Waals surface area contributed by atoms with Gasteiger partial charge in [0.1, 0.15) is 0 Å². The van der Waals surface area contributed by atoms with Crippen LogP contribution in [0.15, 0.2) is 22.1 Å². The zero-order valence-corrected chi connectivity index (χ0v) is 18.6. The van der Waals surface area contributed by atoms with Gasteiger partial charge >= 0.3 is 11.9 Å². The van der Waals surface area contributed by atoms with Crippen LogP contribution in [0.1, 0.15) is 41.0 Å². The molecule has 0 saturated carbocycles. The first kappa shape index (κ1) is 34.7. The SMILES string of the molecule is C.C#C.C=C(Br)CBr.C=C(Br)CCC(=O)OCC.CCOC(C)=O. The number of hydrogen-bond donors (Lipinski definition) is 0. The Bertz CT molecular complexity index is 353. The number of alkyl halides is 1. The third-order valence-electron chi connectivity index (χ3n) is 1.40. The maximum Gasteiger partial charge on any atom is 0.306 e. The van der Waals surface area contributed by atoms with E-state index in [0.29, 0.717) is 26.1 Å². The van der Waals surface area contributed by atoms with Crippen molar-refractivity contribution in [3.8, 4) is 12.8 Å². The van der Waals surface area contributed by atoms with Crippen molar-refractivity contribution in [2.75, 3.05) is 18.5 Å². The number of hydrogen-bond acceptors (Lipinski definition) is 4. The number of halogens is 3. The zero-order valence-electron chi connectivity index (χ0n) is 13.9. The number of allylic oxidation sites excluding steroid dienone is 2. The number of carbonyl (C=O) groups excluding carboxylic acids is 2. The largest absolute Gasteiger partial charge is 0.466 e. The number of esters is 2. The second-order valence-electron chi connectivity index (χ2n) is 3.40. The zero-order chi connectivity index (χ0) is 19.3. The second-order valence-corrected chi connectivity index (χ2v) is 6.20. The molecule has 4 nitrogen and oxygen atoms in total. The minimum Gasteiger partial charge on any atom is -0.466 e. The molecule has 0 bridgehead atoms. The van der Waals surface area contributed by atoms with Crippen LogP contribution in [0.4, 0.5) is 0 Å². The highest BCUT2D eigenvalue weighted by Crippen LogP contribution is 2.09. The molecule has 0 unspecified atom stereocenters.